The molecule has 8 N–H and O–H groups in total. The van der Waals surface area contributed by atoms with Gasteiger partial charge in [0.2, 0.25) is 0 Å². The highest BCUT2D eigenvalue weighted by Gasteiger charge is 2.38. The maximum absolute atomic E-state index is 11.9. The highest BCUT2D eigenvalue weighted by molar-refractivity contribution is 5.73. The smallest absolute Gasteiger partial charge is 0.407 e. The number of nitrogens with one attached hydrogen (secondary N) is 6. The van der Waals surface area contributed by atoms with E-state index >= 15 is 0 Å². The van der Waals surface area contributed by atoms with Crippen molar-refractivity contribution in [3.8, 4) is 0 Å². The maximum Gasteiger partial charge on any atom is 0.407 e. The summed E-state index contributed by atoms with van der Waals surface area (Å²) < 4.78 is 20.3. The Labute approximate surface area is 204 Å². The monoisotopic (exact) mass is 509 g/mol. The molecule has 0 aromatic carbocycles. The number of unbranched alkanes of at least 4 members (excludes halogenated alkanes) is 1. The lowest BCUT2D eigenvalue weighted by atomic mass is 9.92. The molecule has 204 valence electrons. The van der Waals surface area contributed by atoms with Gasteiger partial charge in [-0.05, 0) is 6.42 Å². The zero-order valence-electron chi connectivity index (χ0n) is 20.9. The van der Waals surface area contributed by atoms with Crippen LogP contribution in [-0.4, -0.2) is 98.2 Å². The quantitative estimate of drug-likeness (QED) is 0.100. The minimum atomic E-state index is -1.31. The molecule has 0 bridgehead atoms. The lowest BCUT2D eigenvalue weighted by Gasteiger charge is -2.31. The molecule has 0 aliphatic rings. The third-order valence-corrected chi connectivity index (χ3v) is 3.94. The van der Waals surface area contributed by atoms with Gasteiger partial charge in [-0.1, -0.05) is 13.3 Å². The first-order valence-electron chi connectivity index (χ1n) is 10.7. The highest BCUT2D eigenvalue weighted by Crippen LogP contribution is 2.21. The standard InChI is InChI=1S/C16H30N4O8.C3H9N3O/c1-5-6-7-20-15(24)28-11-16(8-25-12(21)17-2,9-26-13(22)18-3)10-27-14(23)19-4;1-5-3(7)6-2-4/h5-11H2,1-4H3,(H,17,21)(H,18,22)(H,19,23)(H,20,24);2,4H2,1H3,(H2,5,6,7). The molecule has 0 radical (unpaired) electrons. The Kier molecular flexibility index (Phi) is 20.0. The average molecular weight is 510 g/mol. The molecule has 16 nitrogen and oxygen atoms in total. The van der Waals surface area contributed by atoms with Crippen molar-refractivity contribution < 1.29 is 42.9 Å². The Hall–Kier alpha value is -3.69. The van der Waals surface area contributed by atoms with Crippen LogP contribution in [-0.2, 0) is 18.9 Å². The summed E-state index contributed by atoms with van der Waals surface area (Å²) in [5.74, 6) is 0. The summed E-state index contributed by atoms with van der Waals surface area (Å²) >= 11 is 0. The van der Waals surface area contributed by atoms with Crippen LogP contribution in [0.1, 0.15) is 19.8 Å². The number of alkyl carbamates (subject to hydrolysis) is 4. The third kappa shape index (κ3) is 18.4. The molecule has 0 fully saturated rings. The van der Waals surface area contributed by atoms with Crippen molar-refractivity contribution in [3.05, 3.63) is 0 Å². The first-order valence-corrected chi connectivity index (χ1v) is 10.7. The van der Waals surface area contributed by atoms with E-state index in [2.05, 4.69) is 31.9 Å². The molecule has 35 heavy (non-hydrogen) atoms. The maximum atomic E-state index is 11.9. The summed E-state index contributed by atoms with van der Waals surface area (Å²) in [6.45, 7) is 1.21. The minimum Gasteiger partial charge on any atom is -0.449 e. The van der Waals surface area contributed by atoms with Crippen LogP contribution in [0.2, 0.25) is 0 Å². The Bertz CT molecular complexity index is 600. The van der Waals surface area contributed by atoms with Crippen LogP contribution in [0.3, 0.4) is 0 Å². The number of hydrogen-bond donors (Lipinski definition) is 7. The normalized spacial score (nSPS) is 9.77. The Morgan fingerprint density at radius 1 is 0.657 bits per heavy atom. The van der Waals surface area contributed by atoms with Gasteiger partial charge >= 0.3 is 30.4 Å². The summed E-state index contributed by atoms with van der Waals surface area (Å²) in [5.41, 5.74) is 3.62. The first-order chi connectivity index (χ1) is 16.6. The van der Waals surface area contributed by atoms with Gasteiger partial charge in [-0.3, -0.25) is 0 Å². The fourth-order valence-electron chi connectivity index (χ4n) is 1.94. The van der Waals surface area contributed by atoms with Gasteiger partial charge in [0, 0.05) is 34.7 Å². The average Bonchev–Trinajstić information content (AvgIpc) is 2.87. The molecule has 0 aliphatic heterocycles. The number of rotatable bonds is 12. The van der Waals surface area contributed by atoms with Gasteiger partial charge in [0.1, 0.15) is 31.8 Å². The molecule has 0 heterocycles. The number of carbonyl (C=O) groups excluding carboxylic acids is 5. The van der Waals surface area contributed by atoms with Crippen LogP contribution in [0, 0.1) is 5.41 Å². The number of urea groups is 1. The van der Waals surface area contributed by atoms with Crippen LogP contribution >= 0.6 is 0 Å². The van der Waals surface area contributed by atoms with Crippen molar-refractivity contribution in [1.82, 2.24) is 31.9 Å². The molecule has 0 rings (SSSR count). The molecular formula is C19H39N7O9. The van der Waals surface area contributed by atoms with Gasteiger partial charge in [0.25, 0.3) is 0 Å². The number of amides is 6. The van der Waals surface area contributed by atoms with E-state index in [9.17, 15) is 24.0 Å². The van der Waals surface area contributed by atoms with Crippen LogP contribution in [0.4, 0.5) is 24.0 Å². The fraction of sp³-hybridized carbons (Fsp3) is 0.737. The molecular weight excluding hydrogens is 470 g/mol. The van der Waals surface area contributed by atoms with E-state index in [1.807, 2.05) is 6.92 Å². The van der Waals surface area contributed by atoms with E-state index in [4.69, 9.17) is 24.7 Å². The van der Waals surface area contributed by atoms with Crippen LogP contribution in [0.15, 0.2) is 0 Å². The SMILES string of the molecule is CCCCNC(=O)OCC(COC(=O)NC)(COC(=O)NC)COC(=O)NC.CNC(=O)NCN. The minimum absolute atomic E-state index is 0.180. The second-order valence-corrected chi connectivity index (χ2v) is 6.79. The molecule has 0 unspecified atom stereocenters. The van der Waals surface area contributed by atoms with E-state index in [-0.39, 0.29) is 39.1 Å². The van der Waals surface area contributed by atoms with E-state index in [1.165, 1.54) is 28.2 Å². The first kappa shape index (κ1) is 33.5. The van der Waals surface area contributed by atoms with Gasteiger partial charge in [0.15, 0.2) is 0 Å². The molecule has 0 aliphatic carbocycles. The highest BCUT2D eigenvalue weighted by atomic mass is 16.6. The topological polar surface area (TPSA) is 220 Å². The molecule has 0 spiro atoms. The summed E-state index contributed by atoms with van der Waals surface area (Å²) in [6.07, 6.45) is -1.29. The predicted molar refractivity (Wildman–Crippen MR) is 125 cm³/mol. The van der Waals surface area contributed by atoms with E-state index in [0.29, 0.717) is 6.54 Å². The van der Waals surface area contributed by atoms with Crippen molar-refractivity contribution in [3.63, 3.8) is 0 Å². The van der Waals surface area contributed by atoms with Crippen molar-refractivity contribution in [2.45, 2.75) is 19.8 Å². The molecule has 16 heteroatoms. The molecule has 0 saturated carbocycles. The van der Waals surface area contributed by atoms with Crippen molar-refractivity contribution in [1.29, 1.82) is 0 Å². The summed E-state index contributed by atoms with van der Waals surface area (Å²) in [6, 6.07) is -0.248. The lowest BCUT2D eigenvalue weighted by molar-refractivity contribution is -0.0481. The third-order valence-electron chi connectivity index (χ3n) is 3.94. The number of carbonyl (C=O) groups is 5. The molecule has 0 atom stereocenters. The van der Waals surface area contributed by atoms with Crippen molar-refractivity contribution in [2.24, 2.45) is 11.1 Å². The summed E-state index contributed by atoms with van der Waals surface area (Å²) in [4.78, 5) is 56.4. The molecule has 0 aromatic heterocycles. The largest absolute Gasteiger partial charge is 0.449 e. The van der Waals surface area contributed by atoms with Gasteiger partial charge in [-0.15, -0.1) is 0 Å². The fourth-order valence-corrected chi connectivity index (χ4v) is 1.94. The summed E-state index contributed by atoms with van der Waals surface area (Å²) in [5, 5.41) is 14.0. The van der Waals surface area contributed by atoms with Gasteiger partial charge < -0.3 is 56.6 Å². The van der Waals surface area contributed by atoms with Gasteiger partial charge in [-0.2, -0.15) is 0 Å². The van der Waals surface area contributed by atoms with Gasteiger partial charge in [-0.25, -0.2) is 24.0 Å². The van der Waals surface area contributed by atoms with Crippen molar-refractivity contribution >= 4 is 30.4 Å². The van der Waals surface area contributed by atoms with Gasteiger partial charge in [0.05, 0.1) is 6.67 Å². The van der Waals surface area contributed by atoms with Crippen LogP contribution < -0.4 is 37.6 Å². The van der Waals surface area contributed by atoms with E-state index < -0.39 is 29.8 Å². The molecule has 0 saturated heterocycles. The zero-order chi connectivity index (χ0) is 27.1. The predicted octanol–water partition coefficient (Wildman–Crippen LogP) is -0.601. The zero-order valence-corrected chi connectivity index (χ0v) is 20.9. The summed E-state index contributed by atoms with van der Waals surface area (Å²) in [7, 11) is 5.63. The molecule has 6 amide bonds. The molecule has 0 aromatic rings. The van der Waals surface area contributed by atoms with Crippen molar-refractivity contribution in [2.75, 3.05) is 67.8 Å². The lowest BCUT2D eigenvalue weighted by Crippen LogP contribution is -2.46. The van der Waals surface area contributed by atoms with E-state index in [0.717, 1.165) is 12.8 Å². The number of nitrogens with two attached hydrogens (primary N) is 1. The Balaban J connectivity index is 0. The van der Waals surface area contributed by atoms with E-state index in [1.54, 1.807) is 0 Å². The number of ether oxygens (including phenoxy) is 4. The second-order valence-electron chi connectivity index (χ2n) is 6.79. The Morgan fingerprint density at radius 2 is 1.06 bits per heavy atom. The number of hydrogen-bond acceptors (Lipinski definition) is 10. The second kappa shape index (κ2) is 20.9. The Morgan fingerprint density at radius 3 is 1.34 bits per heavy atom. The van der Waals surface area contributed by atoms with Crippen LogP contribution in [0.5, 0.6) is 0 Å². The van der Waals surface area contributed by atoms with Crippen LogP contribution in [0.25, 0.3) is 0 Å².